The van der Waals surface area contributed by atoms with Crippen LogP contribution in [0.3, 0.4) is 0 Å². The number of carbonyl (C=O) groups is 1. The van der Waals surface area contributed by atoms with Gasteiger partial charge in [-0.05, 0) is 17.9 Å². The summed E-state index contributed by atoms with van der Waals surface area (Å²) in [5.41, 5.74) is 9.13. The first-order valence-corrected chi connectivity index (χ1v) is 6.46. The Morgan fingerprint density at radius 1 is 1.37 bits per heavy atom. The van der Waals surface area contributed by atoms with Gasteiger partial charge in [0.15, 0.2) is 6.29 Å². The number of nitrogens with zero attached hydrogens (tertiary/aromatic N) is 2. The molecule has 2 N–H and O–H groups in total. The first-order chi connectivity index (χ1) is 9.08. The van der Waals surface area contributed by atoms with Crippen LogP contribution in [0.2, 0.25) is 0 Å². The van der Waals surface area contributed by atoms with Crippen LogP contribution >= 0.6 is 0 Å². The summed E-state index contributed by atoms with van der Waals surface area (Å²) in [5.74, 6) is 0.935. The highest BCUT2D eigenvalue weighted by molar-refractivity contribution is 5.91. The van der Waals surface area contributed by atoms with Gasteiger partial charge in [0.1, 0.15) is 11.5 Å². The molecule has 0 bridgehead atoms. The van der Waals surface area contributed by atoms with Gasteiger partial charge in [-0.1, -0.05) is 38.1 Å². The van der Waals surface area contributed by atoms with Gasteiger partial charge >= 0.3 is 0 Å². The fraction of sp³-hybridized carbons (Fsp3) is 0.333. The number of anilines is 1. The van der Waals surface area contributed by atoms with Crippen molar-refractivity contribution in [1.29, 1.82) is 0 Å². The van der Waals surface area contributed by atoms with Crippen molar-refractivity contribution in [3.8, 4) is 11.3 Å². The van der Waals surface area contributed by atoms with E-state index in [1.807, 2.05) is 12.1 Å². The van der Waals surface area contributed by atoms with Crippen LogP contribution in [0.25, 0.3) is 11.3 Å². The maximum atomic E-state index is 11.1. The number of nitrogens with two attached hydrogens (primary N) is 1. The predicted molar refractivity (Wildman–Crippen MR) is 77.1 cm³/mol. The second-order valence-electron chi connectivity index (χ2n) is 4.82. The minimum absolute atomic E-state index is 0.399. The van der Waals surface area contributed by atoms with Crippen molar-refractivity contribution in [3.63, 3.8) is 0 Å². The van der Waals surface area contributed by atoms with E-state index in [-0.39, 0.29) is 0 Å². The molecule has 0 aliphatic carbocycles. The normalized spacial score (nSPS) is 12.4. The summed E-state index contributed by atoms with van der Waals surface area (Å²) in [6.45, 7) is 4.37. The quantitative estimate of drug-likeness (QED) is 0.856. The molecule has 19 heavy (non-hydrogen) atoms. The molecule has 1 unspecified atom stereocenters. The number of hydrogen-bond acceptors (Lipinski definition) is 3. The molecule has 1 atom stereocenters. The largest absolute Gasteiger partial charge is 0.383 e. The van der Waals surface area contributed by atoms with Crippen molar-refractivity contribution in [3.05, 3.63) is 35.4 Å². The molecule has 2 aromatic rings. The fourth-order valence-electron chi connectivity index (χ4n) is 2.09. The minimum atomic E-state index is 0.399. The third kappa shape index (κ3) is 2.38. The van der Waals surface area contributed by atoms with Crippen molar-refractivity contribution in [2.75, 3.05) is 5.73 Å². The van der Waals surface area contributed by atoms with Crippen LogP contribution in [0.5, 0.6) is 0 Å². The predicted octanol–water partition coefficient (Wildman–Crippen LogP) is 3.00. The van der Waals surface area contributed by atoms with E-state index in [1.54, 1.807) is 7.05 Å². The number of benzene rings is 1. The number of carbonyl (C=O) groups excluding carboxylic acids is 1. The Labute approximate surface area is 113 Å². The van der Waals surface area contributed by atoms with Crippen LogP contribution in [-0.2, 0) is 7.05 Å². The second-order valence-corrected chi connectivity index (χ2v) is 4.82. The Bertz CT molecular complexity index is 584. The number of aryl methyl sites for hydroxylation is 1. The maximum absolute atomic E-state index is 11.1. The number of aromatic nitrogens is 2. The maximum Gasteiger partial charge on any atom is 0.156 e. The summed E-state index contributed by atoms with van der Waals surface area (Å²) in [5, 5.41) is 4.31. The summed E-state index contributed by atoms with van der Waals surface area (Å²) in [7, 11) is 1.74. The fourth-order valence-corrected chi connectivity index (χ4v) is 2.09. The lowest BCUT2D eigenvalue weighted by molar-refractivity contribution is 0.112. The monoisotopic (exact) mass is 257 g/mol. The van der Waals surface area contributed by atoms with Crippen molar-refractivity contribution in [2.24, 2.45) is 7.05 Å². The first-order valence-electron chi connectivity index (χ1n) is 6.46. The van der Waals surface area contributed by atoms with Crippen molar-refractivity contribution < 1.29 is 4.79 Å². The van der Waals surface area contributed by atoms with Gasteiger partial charge in [-0.15, -0.1) is 0 Å². The van der Waals surface area contributed by atoms with Crippen LogP contribution in [-0.4, -0.2) is 16.1 Å². The van der Waals surface area contributed by atoms with Gasteiger partial charge in [0.05, 0.1) is 5.56 Å². The molecule has 2 rings (SSSR count). The summed E-state index contributed by atoms with van der Waals surface area (Å²) in [6, 6.07) is 8.17. The molecule has 4 heteroatoms. The van der Waals surface area contributed by atoms with Crippen molar-refractivity contribution >= 4 is 12.1 Å². The molecule has 1 heterocycles. The van der Waals surface area contributed by atoms with E-state index in [2.05, 4.69) is 31.1 Å². The molecule has 1 aromatic heterocycles. The van der Waals surface area contributed by atoms with Gasteiger partial charge in [0.2, 0.25) is 0 Å². The Morgan fingerprint density at radius 3 is 2.53 bits per heavy atom. The van der Waals surface area contributed by atoms with Gasteiger partial charge in [0, 0.05) is 12.6 Å². The number of rotatable bonds is 4. The van der Waals surface area contributed by atoms with E-state index < -0.39 is 0 Å². The number of aldehydes is 1. The zero-order valence-electron chi connectivity index (χ0n) is 11.6. The number of hydrogen-bond donors (Lipinski definition) is 1. The molecule has 0 saturated heterocycles. The average molecular weight is 257 g/mol. The lowest BCUT2D eigenvalue weighted by Crippen LogP contribution is -1.98. The van der Waals surface area contributed by atoms with E-state index in [9.17, 15) is 4.79 Å². The van der Waals surface area contributed by atoms with E-state index in [0.717, 1.165) is 18.3 Å². The highest BCUT2D eigenvalue weighted by Gasteiger charge is 2.15. The molecule has 100 valence electrons. The summed E-state index contributed by atoms with van der Waals surface area (Å²) < 4.78 is 1.53. The lowest BCUT2D eigenvalue weighted by atomic mass is 9.96. The minimum Gasteiger partial charge on any atom is -0.383 e. The van der Waals surface area contributed by atoms with Crippen LogP contribution < -0.4 is 5.73 Å². The third-order valence-corrected chi connectivity index (χ3v) is 3.61. The standard InChI is InChI=1S/C15H19N3O/c1-4-10(2)11-5-7-12(8-6-11)14-13(9-19)15(16)18(3)17-14/h5-10H,4,16H2,1-3H3. The molecule has 0 fully saturated rings. The molecule has 1 aromatic carbocycles. The van der Waals surface area contributed by atoms with Crippen LogP contribution in [0.4, 0.5) is 5.82 Å². The Kier molecular flexibility index (Phi) is 3.69. The Balaban J connectivity index is 2.43. The summed E-state index contributed by atoms with van der Waals surface area (Å²) in [6.07, 6.45) is 1.87. The number of nitrogen functional groups attached to an aromatic ring is 1. The summed E-state index contributed by atoms with van der Waals surface area (Å²) >= 11 is 0. The molecule has 4 nitrogen and oxygen atoms in total. The van der Waals surface area contributed by atoms with E-state index in [1.165, 1.54) is 10.2 Å². The summed E-state index contributed by atoms with van der Waals surface area (Å²) in [4.78, 5) is 11.1. The molecular formula is C15H19N3O. The zero-order valence-corrected chi connectivity index (χ0v) is 11.6. The van der Waals surface area contributed by atoms with Gasteiger partial charge in [-0.3, -0.25) is 9.48 Å². The smallest absolute Gasteiger partial charge is 0.156 e. The van der Waals surface area contributed by atoms with Gasteiger partial charge < -0.3 is 5.73 Å². The second kappa shape index (κ2) is 5.26. The van der Waals surface area contributed by atoms with Crippen LogP contribution in [0, 0.1) is 0 Å². The average Bonchev–Trinajstić information content (AvgIpc) is 2.73. The molecule has 0 amide bonds. The topological polar surface area (TPSA) is 60.9 Å². The van der Waals surface area contributed by atoms with Gasteiger partial charge in [-0.2, -0.15) is 5.10 Å². The van der Waals surface area contributed by atoms with Gasteiger partial charge in [-0.25, -0.2) is 0 Å². The first kappa shape index (κ1) is 13.3. The lowest BCUT2D eigenvalue weighted by Gasteiger charge is -2.09. The molecule has 0 aliphatic rings. The molecular weight excluding hydrogens is 238 g/mol. The molecule has 0 aliphatic heterocycles. The highest BCUT2D eigenvalue weighted by atomic mass is 16.1. The Hall–Kier alpha value is -2.10. The SMILES string of the molecule is CCC(C)c1ccc(-c2nn(C)c(N)c2C=O)cc1. The van der Waals surface area contributed by atoms with E-state index in [4.69, 9.17) is 5.73 Å². The van der Waals surface area contributed by atoms with Crippen molar-refractivity contribution in [1.82, 2.24) is 9.78 Å². The van der Waals surface area contributed by atoms with Crippen molar-refractivity contribution in [2.45, 2.75) is 26.2 Å². The molecule has 0 radical (unpaired) electrons. The highest BCUT2D eigenvalue weighted by Crippen LogP contribution is 2.27. The Morgan fingerprint density at radius 2 is 2.00 bits per heavy atom. The third-order valence-electron chi connectivity index (χ3n) is 3.61. The van der Waals surface area contributed by atoms with E-state index >= 15 is 0 Å². The van der Waals surface area contributed by atoms with Crippen LogP contribution in [0.1, 0.15) is 42.1 Å². The molecule has 0 saturated carbocycles. The van der Waals surface area contributed by atoms with E-state index in [0.29, 0.717) is 23.0 Å². The zero-order chi connectivity index (χ0) is 14.0. The van der Waals surface area contributed by atoms with Crippen LogP contribution in [0.15, 0.2) is 24.3 Å². The molecule has 0 spiro atoms. The van der Waals surface area contributed by atoms with Gasteiger partial charge in [0.25, 0.3) is 0 Å².